The van der Waals surface area contributed by atoms with Gasteiger partial charge in [0.25, 0.3) is 6.57 Å². The SMILES string of the molecule is C#[N+]C12COC1CC(O)C13OC1C(O)C1C(C)CCC(O)(CC23)C1(C)C. The molecule has 144 valence electrons. The molecule has 6 nitrogen and oxygen atoms in total. The molecule has 5 fully saturated rings. The van der Waals surface area contributed by atoms with Crippen LogP contribution in [0.3, 0.4) is 0 Å². The van der Waals surface area contributed by atoms with Gasteiger partial charge in [0, 0.05) is 6.42 Å². The monoisotopic (exact) mass is 364 g/mol. The maximum absolute atomic E-state index is 11.8. The molecular weight excluding hydrogens is 334 g/mol. The number of rotatable bonds is 0. The average Bonchev–Trinajstić information content (AvgIpc) is 3.30. The standard InChI is InChI=1S/C20H30NO5/c1-10-5-6-18(24)8-11-19(21-4)9-25-13(19)7-12(22)20(11)16(26-20)15(23)14(10)17(18,2)3/h4,10-16,22-24H,5-9H2,1-3H3/q+1. The van der Waals surface area contributed by atoms with Crippen molar-refractivity contribution in [3.8, 4) is 6.57 Å². The summed E-state index contributed by atoms with van der Waals surface area (Å²) in [4.78, 5) is 4.23. The van der Waals surface area contributed by atoms with E-state index in [2.05, 4.69) is 25.6 Å². The Balaban J connectivity index is 1.67. The molecule has 2 heterocycles. The van der Waals surface area contributed by atoms with Gasteiger partial charge in [-0.1, -0.05) is 25.6 Å². The Morgan fingerprint density at radius 1 is 1.23 bits per heavy atom. The summed E-state index contributed by atoms with van der Waals surface area (Å²) in [6, 6.07) is 0. The smallest absolute Gasteiger partial charge is 0.334 e. The minimum Gasteiger partial charge on any atom is -0.390 e. The summed E-state index contributed by atoms with van der Waals surface area (Å²) in [7, 11) is 0. The van der Waals surface area contributed by atoms with Crippen molar-refractivity contribution in [3.05, 3.63) is 4.85 Å². The topological polar surface area (TPSA) is 86.8 Å². The minimum atomic E-state index is -0.964. The van der Waals surface area contributed by atoms with E-state index in [-0.39, 0.29) is 23.9 Å². The van der Waals surface area contributed by atoms with Gasteiger partial charge in [0.05, 0.1) is 23.7 Å². The number of ether oxygens (including phenoxy) is 2. The Bertz CT molecular complexity index is 690. The second-order valence-electron chi connectivity index (χ2n) is 10.1. The van der Waals surface area contributed by atoms with Crippen LogP contribution in [0.2, 0.25) is 0 Å². The van der Waals surface area contributed by atoms with Gasteiger partial charge < -0.3 is 24.8 Å². The maximum atomic E-state index is 11.8. The van der Waals surface area contributed by atoms with Gasteiger partial charge in [-0.3, -0.25) is 0 Å². The third-order valence-corrected chi connectivity index (χ3v) is 9.02. The van der Waals surface area contributed by atoms with Crippen LogP contribution in [0.15, 0.2) is 0 Å². The molecule has 2 bridgehead atoms. The Morgan fingerprint density at radius 3 is 2.58 bits per heavy atom. The van der Waals surface area contributed by atoms with E-state index in [4.69, 9.17) is 16.0 Å². The van der Waals surface area contributed by atoms with Gasteiger partial charge in [-0.05, 0) is 36.5 Å². The van der Waals surface area contributed by atoms with Crippen LogP contribution in [0.25, 0.3) is 4.85 Å². The predicted molar refractivity (Wildman–Crippen MR) is 93.7 cm³/mol. The normalized spacial score (nSPS) is 62.3. The lowest BCUT2D eigenvalue weighted by atomic mass is 9.47. The number of aliphatic hydroxyl groups excluding tert-OH is 2. The lowest BCUT2D eigenvalue weighted by Crippen LogP contribution is -2.74. The fraction of sp³-hybridized carbons (Fsp3) is 0.950. The average molecular weight is 364 g/mol. The molecule has 1 spiro atoms. The van der Waals surface area contributed by atoms with Gasteiger partial charge in [0.1, 0.15) is 24.4 Å². The van der Waals surface area contributed by atoms with Crippen LogP contribution in [0, 0.1) is 29.7 Å². The van der Waals surface area contributed by atoms with Crippen LogP contribution in [-0.2, 0) is 9.47 Å². The van der Waals surface area contributed by atoms with E-state index in [0.29, 0.717) is 25.9 Å². The zero-order valence-corrected chi connectivity index (χ0v) is 15.8. The van der Waals surface area contributed by atoms with Crippen molar-refractivity contribution in [2.75, 3.05) is 6.61 Å². The number of hydrogen-bond donors (Lipinski definition) is 3. The number of epoxide rings is 1. The molecule has 0 aromatic heterocycles. The van der Waals surface area contributed by atoms with Crippen molar-refractivity contribution in [1.82, 2.24) is 0 Å². The highest BCUT2D eigenvalue weighted by Crippen LogP contribution is 2.68. The second-order valence-corrected chi connectivity index (χ2v) is 10.1. The Labute approximate surface area is 154 Å². The molecule has 3 aliphatic carbocycles. The minimum absolute atomic E-state index is 0.0834. The molecule has 3 saturated carbocycles. The molecule has 0 aromatic rings. The summed E-state index contributed by atoms with van der Waals surface area (Å²) in [5, 5.41) is 34.0. The van der Waals surface area contributed by atoms with E-state index in [1.807, 2.05) is 0 Å². The molecular formula is C20H30NO5+. The van der Waals surface area contributed by atoms with Gasteiger partial charge in [0.2, 0.25) is 0 Å². The fourth-order valence-electron chi connectivity index (χ4n) is 7.24. The van der Waals surface area contributed by atoms with E-state index in [9.17, 15) is 15.3 Å². The Kier molecular flexibility index (Phi) is 3.22. The van der Waals surface area contributed by atoms with E-state index in [0.717, 1.165) is 6.42 Å². The number of fused-ring (bicyclic) bond motifs is 4. The van der Waals surface area contributed by atoms with Gasteiger partial charge in [0.15, 0.2) is 0 Å². The molecule has 10 unspecified atom stereocenters. The van der Waals surface area contributed by atoms with Gasteiger partial charge in [-0.15, -0.1) is 0 Å². The Hall–Kier alpha value is -0.710. The van der Waals surface area contributed by atoms with Crippen LogP contribution < -0.4 is 0 Å². The van der Waals surface area contributed by atoms with Crippen LogP contribution >= 0.6 is 0 Å². The van der Waals surface area contributed by atoms with Crippen molar-refractivity contribution in [2.45, 2.75) is 87.6 Å². The number of nitrogens with zero attached hydrogens (tertiary/aromatic N) is 1. The molecule has 26 heavy (non-hydrogen) atoms. The molecule has 0 aromatic carbocycles. The van der Waals surface area contributed by atoms with Gasteiger partial charge in [-0.2, -0.15) is 0 Å². The van der Waals surface area contributed by atoms with E-state index >= 15 is 0 Å². The third kappa shape index (κ3) is 1.67. The van der Waals surface area contributed by atoms with Crippen molar-refractivity contribution < 1.29 is 24.8 Å². The van der Waals surface area contributed by atoms with Crippen molar-refractivity contribution in [3.63, 3.8) is 0 Å². The highest BCUT2D eigenvalue weighted by molar-refractivity contribution is 5.33. The maximum Gasteiger partial charge on any atom is 0.334 e. The first-order valence-corrected chi connectivity index (χ1v) is 9.94. The highest BCUT2D eigenvalue weighted by Gasteiger charge is 2.85. The summed E-state index contributed by atoms with van der Waals surface area (Å²) in [5.74, 6) is -0.0626. The predicted octanol–water partition coefficient (Wildman–Crippen LogP) is 1.17. The van der Waals surface area contributed by atoms with Crippen LogP contribution in [0.5, 0.6) is 0 Å². The van der Waals surface area contributed by atoms with Gasteiger partial charge >= 0.3 is 5.54 Å². The van der Waals surface area contributed by atoms with Crippen molar-refractivity contribution in [1.29, 1.82) is 0 Å². The third-order valence-electron chi connectivity index (χ3n) is 9.02. The first kappa shape index (κ1) is 17.4. The van der Waals surface area contributed by atoms with Gasteiger partial charge in [-0.25, -0.2) is 0 Å². The summed E-state index contributed by atoms with van der Waals surface area (Å²) >= 11 is 0. The molecule has 5 aliphatic rings. The van der Waals surface area contributed by atoms with E-state index in [1.165, 1.54) is 0 Å². The van der Waals surface area contributed by atoms with Crippen molar-refractivity contribution >= 4 is 0 Å². The summed E-state index contributed by atoms with van der Waals surface area (Å²) < 4.78 is 11.8. The summed E-state index contributed by atoms with van der Waals surface area (Å²) in [6.45, 7) is 12.5. The van der Waals surface area contributed by atoms with Crippen LogP contribution in [-0.4, -0.2) is 63.1 Å². The second kappa shape index (κ2) is 4.82. The first-order chi connectivity index (χ1) is 12.1. The quantitative estimate of drug-likeness (QED) is 0.562. The molecule has 0 amide bonds. The Morgan fingerprint density at radius 2 is 1.96 bits per heavy atom. The molecule has 2 saturated heterocycles. The lowest BCUT2D eigenvalue weighted by Gasteiger charge is -2.60. The molecule has 5 rings (SSSR count). The van der Waals surface area contributed by atoms with E-state index in [1.54, 1.807) is 0 Å². The molecule has 3 N–H and O–H groups in total. The largest absolute Gasteiger partial charge is 0.390 e. The first-order valence-electron chi connectivity index (χ1n) is 9.94. The van der Waals surface area contributed by atoms with Crippen LogP contribution in [0.4, 0.5) is 0 Å². The van der Waals surface area contributed by atoms with E-state index < -0.39 is 40.5 Å². The molecule has 0 radical (unpaired) electrons. The zero-order valence-electron chi connectivity index (χ0n) is 15.8. The summed E-state index contributed by atoms with van der Waals surface area (Å²) in [5.41, 5.74) is -2.95. The fourth-order valence-corrected chi connectivity index (χ4v) is 7.24. The molecule has 6 heteroatoms. The number of aliphatic hydroxyl groups is 3. The highest BCUT2D eigenvalue weighted by atomic mass is 16.6. The zero-order chi connectivity index (χ0) is 18.7. The molecule has 2 aliphatic heterocycles. The van der Waals surface area contributed by atoms with Crippen LogP contribution in [0.1, 0.15) is 46.5 Å². The lowest BCUT2D eigenvalue weighted by molar-refractivity contribution is -0.238. The summed E-state index contributed by atoms with van der Waals surface area (Å²) in [6.07, 6.45) is 0.256. The number of hydrogen-bond acceptors (Lipinski definition) is 5. The van der Waals surface area contributed by atoms with Crippen molar-refractivity contribution in [2.24, 2.45) is 23.2 Å². The molecule has 10 atom stereocenters.